The van der Waals surface area contributed by atoms with Gasteiger partial charge in [0.15, 0.2) is 0 Å². The molecule has 0 atom stereocenters. The molecule has 1 fully saturated rings. The van der Waals surface area contributed by atoms with Crippen molar-refractivity contribution in [1.29, 1.82) is 0 Å². The van der Waals surface area contributed by atoms with E-state index < -0.39 is 0 Å². The van der Waals surface area contributed by atoms with Gasteiger partial charge in [0.25, 0.3) is 0 Å². The van der Waals surface area contributed by atoms with Crippen LogP contribution in [0.1, 0.15) is 65.9 Å². The Kier molecular flexibility index (Phi) is 5.54. The molecule has 1 aliphatic carbocycles. The van der Waals surface area contributed by atoms with Crippen LogP contribution in [0, 0.1) is 16.7 Å². The van der Waals surface area contributed by atoms with Gasteiger partial charge in [0, 0.05) is 12.6 Å². The van der Waals surface area contributed by atoms with E-state index in [1.807, 2.05) is 11.3 Å². The molecule has 1 saturated carbocycles. The van der Waals surface area contributed by atoms with Gasteiger partial charge < -0.3 is 5.32 Å². The fraction of sp³-hybridized carbons (Fsp3) is 0.789. The van der Waals surface area contributed by atoms with Gasteiger partial charge in [-0.2, -0.15) is 11.3 Å². The van der Waals surface area contributed by atoms with Crippen molar-refractivity contribution in [2.45, 2.75) is 72.8 Å². The monoisotopic (exact) mass is 307 g/mol. The van der Waals surface area contributed by atoms with Crippen molar-refractivity contribution in [2.24, 2.45) is 16.7 Å². The van der Waals surface area contributed by atoms with Crippen molar-refractivity contribution in [3.05, 3.63) is 22.4 Å². The van der Waals surface area contributed by atoms with Crippen molar-refractivity contribution in [2.75, 3.05) is 6.54 Å². The van der Waals surface area contributed by atoms with Crippen LogP contribution in [0.5, 0.6) is 0 Å². The average Bonchev–Trinajstić information content (AvgIpc) is 2.89. The first-order chi connectivity index (χ1) is 9.81. The summed E-state index contributed by atoms with van der Waals surface area (Å²) in [6.07, 6.45) is 6.81. The molecular formula is C19H33NS. The molecule has 0 spiro atoms. The van der Waals surface area contributed by atoms with Gasteiger partial charge in [-0.1, -0.05) is 34.6 Å². The van der Waals surface area contributed by atoms with Gasteiger partial charge in [-0.05, 0) is 71.2 Å². The summed E-state index contributed by atoms with van der Waals surface area (Å²) in [5, 5.41) is 8.29. The van der Waals surface area contributed by atoms with E-state index in [2.05, 4.69) is 56.8 Å². The van der Waals surface area contributed by atoms with E-state index in [4.69, 9.17) is 0 Å². The Morgan fingerprint density at radius 2 is 1.95 bits per heavy atom. The molecule has 1 N–H and O–H groups in total. The highest BCUT2D eigenvalue weighted by molar-refractivity contribution is 7.07. The lowest BCUT2D eigenvalue weighted by atomic mass is 9.62. The molecule has 0 amide bonds. The second-order valence-corrected chi connectivity index (χ2v) is 9.26. The lowest BCUT2D eigenvalue weighted by molar-refractivity contribution is 0.0848. The molecule has 1 aromatic rings. The maximum atomic E-state index is 3.73. The zero-order valence-corrected chi connectivity index (χ0v) is 15.4. The summed E-state index contributed by atoms with van der Waals surface area (Å²) in [6, 6.07) is 2.90. The van der Waals surface area contributed by atoms with Gasteiger partial charge in [0.2, 0.25) is 0 Å². The Morgan fingerprint density at radius 3 is 2.43 bits per heavy atom. The number of hydrogen-bond donors (Lipinski definition) is 1. The lowest BCUT2D eigenvalue weighted by Gasteiger charge is -2.45. The zero-order valence-electron chi connectivity index (χ0n) is 14.5. The third-order valence-electron chi connectivity index (χ3n) is 5.32. The number of nitrogens with one attached hydrogen (secondary N) is 1. The third-order valence-corrected chi connectivity index (χ3v) is 6.05. The minimum absolute atomic E-state index is 0.472. The summed E-state index contributed by atoms with van der Waals surface area (Å²) in [5.74, 6) is 0.896. The van der Waals surface area contributed by atoms with E-state index >= 15 is 0 Å². The van der Waals surface area contributed by atoms with E-state index in [9.17, 15) is 0 Å². The Bertz CT molecular complexity index is 405. The summed E-state index contributed by atoms with van der Waals surface area (Å²) in [7, 11) is 0. The molecule has 0 unspecified atom stereocenters. The molecule has 2 rings (SSSR count). The topological polar surface area (TPSA) is 12.0 Å². The maximum Gasteiger partial charge on any atom is 0.00134 e. The van der Waals surface area contributed by atoms with E-state index in [-0.39, 0.29) is 0 Å². The minimum Gasteiger partial charge on any atom is -0.314 e. The minimum atomic E-state index is 0.472. The van der Waals surface area contributed by atoms with Crippen LogP contribution in [-0.2, 0) is 6.42 Å². The van der Waals surface area contributed by atoms with Crippen LogP contribution in [0.2, 0.25) is 0 Å². The second kappa shape index (κ2) is 6.83. The summed E-state index contributed by atoms with van der Waals surface area (Å²) in [4.78, 5) is 0. The fourth-order valence-electron chi connectivity index (χ4n) is 3.76. The molecule has 1 heterocycles. The van der Waals surface area contributed by atoms with E-state index in [0.29, 0.717) is 16.9 Å². The molecule has 2 heteroatoms. The van der Waals surface area contributed by atoms with E-state index in [1.165, 1.54) is 38.6 Å². The van der Waals surface area contributed by atoms with Crippen LogP contribution in [0.3, 0.4) is 0 Å². The summed E-state index contributed by atoms with van der Waals surface area (Å²) in [5.41, 5.74) is 2.49. The molecule has 0 aromatic carbocycles. The highest BCUT2D eigenvalue weighted by Crippen LogP contribution is 2.46. The quantitative estimate of drug-likeness (QED) is 0.756. The molecule has 120 valence electrons. The zero-order chi connectivity index (χ0) is 15.5. The van der Waals surface area contributed by atoms with Crippen molar-refractivity contribution in [1.82, 2.24) is 5.32 Å². The average molecular weight is 308 g/mol. The van der Waals surface area contributed by atoms with Crippen LogP contribution < -0.4 is 5.32 Å². The van der Waals surface area contributed by atoms with Gasteiger partial charge in [0.05, 0.1) is 0 Å². The van der Waals surface area contributed by atoms with Gasteiger partial charge in [-0.25, -0.2) is 0 Å². The number of hydrogen-bond acceptors (Lipinski definition) is 2. The standard InChI is InChI=1S/C19H33NS/c1-15(2)20-14-19(12-16-8-11-21-13-16)9-6-17(7-10-19)18(3,4)5/h8,11,13,15,17,20H,6-7,9-10,12,14H2,1-5H3. The molecule has 0 aliphatic heterocycles. The maximum absolute atomic E-state index is 3.73. The van der Waals surface area contributed by atoms with Crippen LogP contribution >= 0.6 is 11.3 Å². The second-order valence-electron chi connectivity index (χ2n) is 8.48. The first-order valence-electron chi connectivity index (χ1n) is 8.55. The van der Waals surface area contributed by atoms with E-state index in [1.54, 1.807) is 5.56 Å². The van der Waals surface area contributed by atoms with Crippen LogP contribution in [-0.4, -0.2) is 12.6 Å². The molecular weight excluding hydrogens is 274 g/mol. The van der Waals surface area contributed by atoms with Crippen molar-refractivity contribution in [3.63, 3.8) is 0 Å². The number of rotatable bonds is 5. The fourth-order valence-corrected chi connectivity index (χ4v) is 4.43. The highest BCUT2D eigenvalue weighted by Gasteiger charge is 2.38. The first kappa shape index (κ1) is 17.0. The number of thiophene rings is 1. The van der Waals surface area contributed by atoms with E-state index in [0.717, 1.165) is 5.92 Å². The SMILES string of the molecule is CC(C)NCC1(Cc2ccsc2)CCC(C(C)(C)C)CC1. The van der Waals surface area contributed by atoms with Crippen molar-refractivity contribution < 1.29 is 0 Å². The van der Waals surface area contributed by atoms with Crippen molar-refractivity contribution >= 4 is 11.3 Å². The van der Waals surface area contributed by atoms with Crippen LogP contribution in [0.4, 0.5) is 0 Å². The molecule has 0 bridgehead atoms. The Balaban J connectivity index is 2.04. The normalized spacial score (nSPS) is 27.2. The van der Waals surface area contributed by atoms with Crippen LogP contribution in [0.25, 0.3) is 0 Å². The van der Waals surface area contributed by atoms with Gasteiger partial charge in [-0.15, -0.1) is 0 Å². The first-order valence-corrected chi connectivity index (χ1v) is 9.49. The van der Waals surface area contributed by atoms with Crippen molar-refractivity contribution in [3.8, 4) is 0 Å². The predicted octanol–water partition coefficient (Wildman–Crippen LogP) is 5.51. The van der Waals surface area contributed by atoms with Gasteiger partial charge >= 0.3 is 0 Å². The Labute approximate surface area is 135 Å². The summed E-state index contributed by atoms with van der Waals surface area (Å²) < 4.78 is 0. The Hall–Kier alpha value is -0.340. The van der Waals surface area contributed by atoms with Gasteiger partial charge in [0.1, 0.15) is 0 Å². The molecule has 21 heavy (non-hydrogen) atoms. The molecule has 1 aliphatic rings. The molecule has 0 saturated heterocycles. The van der Waals surface area contributed by atoms with Crippen LogP contribution in [0.15, 0.2) is 16.8 Å². The Morgan fingerprint density at radius 1 is 1.29 bits per heavy atom. The van der Waals surface area contributed by atoms with Gasteiger partial charge in [-0.3, -0.25) is 0 Å². The smallest absolute Gasteiger partial charge is 0.00134 e. The molecule has 1 aromatic heterocycles. The third kappa shape index (κ3) is 4.82. The summed E-state index contributed by atoms with van der Waals surface area (Å²) in [6.45, 7) is 12.9. The largest absolute Gasteiger partial charge is 0.314 e. The lowest BCUT2D eigenvalue weighted by Crippen LogP contribution is -2.43. The molecule has 1 nitrogen and oxygen atoms in total. The predicted molar refractivity (Wildman–Crippen MR) is 95.0 cm³/mol. The summed E-state index contributed by atoms with van der Waals surface area (Å²) >= 11 is 1.84. The molecule has 0 radical (unpaired) electrons. The highest BCUT2D eigenvalue weighted by atomic mass is 32.1.